The van der Waals surface area contributed by atoms with Crippen molar-refractivity contribution in [2.45, 2.75) is 4.29 Å². The average Bonchev–Trinajstić information content (AvgIpc) is 2.19. The molecule has 0 fully saturated rings. The van der Waals surface area contributed by atoms with E-state index in [2.05, 4.69) is 95.6 Å². The maximum Gasteiger partial charge on any atom is 0.345 e. The van der Waals surface area contributed by atoms with Crippen molar-refractivity contribution in [3.05, 3.63) is 12.2 Å². The highest BCUT2D eigenvalue weighted by Gasteiger charge is 2.30. The monoisotopic (exact) mass is 640 g/mol. The summed E-state index contributed by atoms with van der Waals surface area (Å²) in [5.74, 6) is -1.05. The summed E-state index contributed by atoms with van der Waals surface area (Å²) in [7, 11) is 0. The molecule has 0 aromatic heterocycles. The molecule has 18 heavy (non-hydrogen) atoms. The third kappa shape index (κ3) is 9.46. The second kappa shape index (κ2) is 8.76. The zero-order valence-electron chi connectivity index (χ0n) is 8.47. The van der Waals surface area contributed by atoms with Gasteiger partial charge < -0.3 is 9.47 Å². The minimum Gasteiger partial charge on any atom is -0.459 e. The number of hydrogen-bond donors (Lipinski definition) is 0. The SMILES string of the molecule is O=C(OCC=CCOC(=O)C(Br)(Br)Br)C(Br)(Br)Br. The number of alkyl halides is 6. The van der Waals surface area contributed by atoms with Crippen molar-refractivity contribution in [2.75, 3.05) is 13.2 Å². The van der Waals surface area contributed by atoms with Crippen LogP contribution in [-0.4, -0.2) is 29.4 Å². The van der Waals surface area contributed by atoms with E-state index in [0.29, 0.717) is 0 Å². The predicted octanol–water partition coefficient (Wildman–Crippen LogP) is 4.31. The van der Waals surface area contributed by atoms with Crippen LogP contribution >= 0.6 is 95.6 Å². The second-order valence-electron chi connectivity index (χ2n) is 2.66. The van der Waals surface area contributed by atoms with Gasteiger partial charge in [-0.25, -0.2) is 9.59 Å². The summed E-state index contributed by atoms with van der Waals surface area (Å²) in [5, 5.41) is 0. The number of rotatable bonds is 4. The van der Waals surface area contributed by atoms with Gasteiger partial charge in [-0.15, -0.1) is 0 Å². The topological polar surface area (TPSA) is 52.6 Å². The van der Waals surface area contributed by atoms with Crippen LogP contribution in [0.2, 0.25) is 0 Å². The van der Waals surface area contributed by atoms with Crippen molar-refractivity contribution in [3.63, 3.8) is 0 Å². The third-order valence-corrected chi connectivity index (χ3v) is 3.19. The Labute approximate surface area is 154 Å². The minimum absolute atomic E-state index is 0.0724. The van der Waals surface area contributed by atoms with Crippen molar-refractivity contribution >= 4 is 108 Å². The standard InChI is InChI=1S/C8H6Br6O4/c9-7(10,11)5(15)17-3-1-2-4-18-6(16)8(12,13)14/h1-2H,3-4H2. The first-order valence-electron chi connectivity index (χ1n) is 4.18. The van der Waals surface area contributed by atoms with E-state index in [-0.39, 0.29) is 13.2 Å². The average molecular weight is 646 g/mol. The Kier molecular flexibility index (Phi) is 9.52. The van der Waals surface area contributed by atoms with E-state index in [1.165, 1.54) is 0 Å². The van der Waals surface area contributed by atoms with Crippen LogP contribution in [0.5, 0.6) is 0 Å². The van der Waals surface area contributed by atoms with E-state index < -0.39 is 16.2 Å². The quantitative estimate of drug-likeness (QED) is 0.260. The third-order valence-electron chi connectivity index (χ3n) is 1.25. The van der Waals surface area contributed by atoms with E-state index in [4.69, 9.17) is 9.47 Å². The van der Waals surface area contributed by atoms with E-state index in [1.807, 2.05) is 0 Å². The number of carbonyl (C=O) groups is 2. The molecule has 0 atom stereocenters. The number of halogens is 6. The number of carbonyl (C=O) groups excluding carboxylic acids is 2. The molecular weight excluding hydrogens is 640 g/mol. The molecule has 0 aliphatic carbocycles. The van der Waals surface area contributed by atoms with Crippen LogP contribution in [0.4, 0.5) is 0 Å². The molecule has 4 nitrogen and oxygen atoms in total. The van der Waals surface area contributed by atoms with Gasteiger partial charge in [0, 0.05) is 0 Å². The van der Waals surface area contributed by atoms with Gasteiger partial charge in [0.05, 0.1) is 0 Å². The van der Waals surface area contributed by atoms with Gasteiger partial charge in [-0.05, 0) is 108 Å². The zero-order chi connectivity index (χ0) is 14.4. The highest BCUT2D eigenvalue weighted by atomic mass is 80.0. The molecule has 0 amide bonds. The molecule has 0 bridgehead atoms. The molecule has 0 aliphatic rings. The number of hydrogen-bond acceptors (Lipinski definition) is 4. The van der Waals surface area contributed by atoms with Crippen LogP contribution in [0.25, 0.3) is 0 Å². The maximum absolute atomic E-state index is 11.2. The summed E-state index contributed by atoms with van der Waals surface area (Å²) in [6.07, 6.45) is 3.12. The molecule has 0 saturated carbocycles. The predicted molar refractivity (Wildman–Crippen MR) is 90.1 cm³/mol. The Morgan fingerprint density at radius 3 is 1.28 bits per heavy atom. The Hall–Kier alpha value is 1.56. The van der Waals surface area contributed by atoms with Crippen LogP contribution < -0.4 is 0 Å². The lowest BCUT2D eigenvalue weighted by Gasteiger charge is -2.10. The van der Waals surface area contributed by atoms with Crippen LogP contribution in [0.15, 0.2) is 12.2 Å². The maximum atomic E-state index is 11.2. The first-order valence-corrected chi connectivity index (χ1v) is 8.94. The van der Waals surface area contributed by atoms with Crippen LogP contribution in [0, 0.1) is 0 Å². The fourth-order valence-corrected chi connectivity index (χ4v) is 1.23. The highest BCUT2D eigenvalue weighted by Crippen LogP contribution is 2.35. The van der Waals surface area contributed by atoms with E-state index in [0.717, 1.165) is 0 Å². The minimum atomic E-state index is -1.07. The second-order valence-corrected chi connectivity index (χ2v) is 16.2. The summed E-state index contributed by atoms with van der Waals surface area (Å²) < 4.78 is 7.54. The Morgan fingerprint density at radius 2 is 1.06 bits per heavy atom. The molecule has 0 rings (SSSR count). The van der Waals surface area contributed by atoms with Crippen LogP contribution in [0.1, 0.15) is 0 Å². The fourth-order valence-electron chi connectivity index (χ4n) is 0.547. The molecule has 0 aliphatic heterocycles. The van der Waals surface area contributed by atoms with E-state index >= 15 is 0 Å². The number of esters is 2. The Morgan fingerprint density at radius 1 is 0.778 bits per heavy atom. The van der Waals surface area contributed by atoms with Crippen molar-refractivity contribution < 1.29 is 19.1 Å². The van der Waals surface area contributed by atoms with Gasteiger partial charge in [0.1, 0.15) is 13.2 Å². The Bertz CT molecular complexity index is 297. The molecule has 0 N–H and O–H groups in total. The lowest BCUT2D eigenvalue weighted by atomic mass is 10.5. The highest BCUT2D eigenvalue weighted by molar-refractivity contribution is 9.40. The Balaban J connectivity index is 3.81. The van der Waals surface area contributed by atoms with Gasteiger partial charge in [-0.3, -0.25) is 0 Å². The lowest BCUT2D eigenvalue weighted by molar-refractivity contribution is -0.141. The van der Waals surface area contributed by atoms with Crippen molar-refractivity contribution in [1.82, 2.24) is 0 Å². The summed E-state index contributed by atoms with van der Waals surface area (Å²) in [6, 6.07) is 0. The van der Waals surface area contributed by atoms with E-state index in [9.17, 15) is 9.59 Å². The van der Waals surface area contributed by atoms with Crippen LogP contribution in [0.3, 0.4) is 0 Å². The lowest BCUT2D eigenvalue weighted by Crippen LogP contribution is -2.21. The number of ether oxygens (including phenoxy) is 2. The summed E-state index contributed by atoms with van der Waals surface area (Å²) >= 11 is 18.1. The molecule has 0 aromatic rings. The van der Waals surface area contributed by atoms with Crippen molar-refractivity contribution in [3.8, 4) is 0 Å². The largest absolute Gasteiger partial charge is 0.459 e. The first-order chi connectivity index (χ1) is 8.05. The molecule has 104 valence electrons. The molecule has 0 aromatic carbocycles. The van der Waals surface area contributed by atoms with Gasteiger partial charge in [0.2, 0.25) is 4.29 Å². The summed E-state index contributed by atoms with van der Waals surface area (Å²) in [5.41, 5.74) is 0. The summed E-state index contributed by atoms with van der Waals surface area (Å²) in [6.45, 7) is 0.145. The van der Waals surface area contributed by atoms with Gasteiger partial charge in [0.15, 0.2) is 0 Å². The van der Waals surface area contributed by atoms with Crippen molar-refractivity contribution in [1.29, 1.82) is 0 Å². The fraction of sp³-hybridized carbons (Fsp3) is 0.500. The normalized spacial score (nSPS) is 12.6. The zero-order valence-corrected chi connectivity index (χ0v) is 18.0. The molecular formula is C8H6Br6O4. The van der Waals surface area contributed by atoms with Gasteiger partial charge >= 0.3 is 11.9 Å². The van der Waals surface area contributed by atoms with Gasteiger partial charge in [-0.1, -0.05) is 0 Å². The van der Waals surface area contributed by atoms with E-state index in [1.54, 1.807) is 12.2 Å². The molecule has 0 unspecified atom stereocenters. The van der Waals surface area contributed by atoms with Crippen molar-refractivity contribution in [2.24, 2.45) is 0 Å². The summed E-state index contributed by atoms with van der Waals surface area (Å²) in [4.78, 5) is 22.5. The molecule has 0 spiro atoms. The molecule has 0 saturated heterocycles. The smallest absolute Gasteiger partial charge is 0.345 e. The molecule has 0 heterocycles. The van der Waals surface area contributed by atoms with Gasteiger partial charge in [0.25, 0.3) is 0 Å². The molecule has 10 heteroatoms. The molecule has 0 radical (unpaired) electrons. The van der Waals surface area contributed by atoms with Crippen LogP contribution in [-0.2, 0) is 19.1 Å². The first kappa shape index (κ1) is 19.6. The van der Waals surface area contributed by atoms with Gasteiger partial charge in [-0.2, -0.15) is 0 Å².